The van der Waals surface area contributed by atoms with E-state index in [9.17, 15) is 4.79 Å². The Balaban J connectivity index is 2.26. The summed E-state index contributed by atoms with van der Waals surface area (Å²) < 4.78 is 4.67. The van der Waals surface area contributed by atoms with Crippen LogP contribution in [0.15, 0.2) is 0 Å². The quantitative estimate of drug-likeness (QED) is 0.556. The second kappa shape index (κ2) is 6.45. The van der Waals surface area contributed by atoms with Crippen LogP contribution in [-0.2, 0) is 9.53 Å². The molecule has 0 aliphatic carbocycles. The second-order valence-electron chi connectivity index (χ2n) is 3.73. The topological polar surface area (TPSA) is 32.8 Å². The summed E-state index contributed by atoms with van der Waals surface area (Å²) in [5, 5.41) is 0. The van der Waals surface area contributed by atoms with Crippen LogP contribution in [0.25, 0.3) is 0 Å². The predicted octanol–water partition coefficient (Wildman–Crippen LogP) is 0.560. The molecule has 1 aliphatic rings. The number of nitrogens with zero attached hydrogens (tertiary/aromatic N) is 2. The molecule has 1 aliphatic heterocycles. The van der Waals surface area contributed by atoms with Gasteiger partial charge in [0.15, 0.2) is 0 Å². The Labute approximate surface area is 99.7 Å². The average Bonchev–Trinajstić information content (AvgIpc) is 2.29. The third-order valence-electron chi connectivity index (χ3n) is 2.79. The van der Waals surface area contributed by atoms with Gasteiger partial charge in [-0.2, -0.15) is 0 Å². The molecule has 1 saturated heterocycles. The summed E-state index contributed by atoms with van der Waals surface area (Å²) in [6.45, 7) is 8.29. The fourth-order valence-corrected chi connectivity index (χ4v) is 2.31. The third kappa shape index (κ3) is 4.09. The fourth-order valence-electron chi connectivity index (χ4n) is 1.72. The minimum Gasteiger partial charge on any atom is -0.468 e. The van der Waals surface area contributed by atoms with Crippen molar-refractivity contribution in [3.05, 3.63) is 0 Å². The van der Waals surface area contributed by atoms with E-state index in [0.717, 1.165) is 39.3 Å². The molecule has 4 nitrogen and oxygen atoms in total. The summed E-state index contributed by atoms with van der Waals surface area (Å²) in [6.07, 6.45) is 0. The van der Waals surface area contributed by atoms with Crippen molar-refractivity contribution in [2.75, 3.05) is 46.4 Å². The number of piperazine rings is 1. The lowest BCUT2D eigenvalue weighted by Gasteiger charge is -2.34. The summed E-state index contributed by atoms with van der Waals surface area (Å²) in [6, 6.07) is 0. The van der Waals surface area contributed by atoms with Crippen molar-refractivity contribution in [3.63, 3.8) is 0 Å². The van der Waals surface area contributed by atoms with Crippen molar-refractivity contribution in [3.8, 4) is 0 Å². The van der Waals surface area contributed by atoms with Crippen LogP contribution in [0.3, 0.4) is 0 Å². The maximum Gasteiger partial charge on any atom is 0.320 e. The fraction of sp³-hybridized carbons (Fsp3) is 0.900. The Kier molecular flexibility index (Phi) is 5.56. The molecule has 0 aromatic heterocycles. The molecule has 1 heterocycles. The van der Waals surface area contributed by atoms with Gasteiger partial charge in [0, 0.05) is 32.7 Å². The zero-order chi connectivity index (χ0) is 11.3. The summed E-state index contributed by atoms with van der Waals surface area (Å²) in [7, 11) is 1.42. The molecule has 0 N–H and O–H groups in total. The van der Waals surface area contributed by atoms with Crippen molar-refractivity contribution < 1.29 is 9.53 Å². The van der Waals surface area contributed by atoms with Crippen molar-refractivity contribution in [1.82, 2.24) is 9.80 Å². The molecular weight excluding hydrogens is 260 g/mol. The number of alkyl halides is 1. The number of rotatable bonds is 4. The first-order chi connectivity index (χ1) is 7.17. The van der Waals surface area contributed by atoms with Crippen LogP contribution >= 0.6 is 15.9 Å². The van der Waals surface area contributed by atoms with E-state index in [1.165, 1.54) is 7.11 Å². The molecule has 1 atom stereocenters. The lowest BCUT2D eigenvalue weighted by molar-refractivity contribution is -0.140. The highest BCUT2D eigenvalue weighted by Crippen LogP contribution is 2.08. The van der Waals surface area contributed by atoms with E-state index in [1.54, 1.807) is 0 Å². The molecule has 1 unspecified atom stereocenters. The van der Waals surface area contributed by atoms with Gasteiger partial charge in [-0.1, -0.05) is 22.9 Å². The molecule has 1 fully saturated rings. The van der Waals surface area contributed by atoms with Crippen LogP contribution < -0.4 is 0 Å². The van der Waals surface area contributed by atoms with Gasteiger partial charge in [-0.25, -0.2) is 0 Å². The Morgan fingerprint density at radius 1 is 1.33 bits per heavy atom. The monoisotopic (exact) mass is 278 g/mol. The number of hydrogen-bond acceptors (Lipinski definition) is 4. The number of esters is 1. The molecule has 0 radical (unpaired) electrons. The molecule has 5 heteroatoms. The highest BCUT2D eigenvalue weighted by atomic mass is 79.9. The van der Waals surface area contributed by atoms with E-state index in [0.29, 0.717) is 0 Å². The van der Waals surface area contributed by atoms with Gasteiger partial charge in [0.2, 0.25) is 0 Å². The Morgan fingerprint density at radius 3 is 2.33 bits per heavy atom. The van der Waals surface area contributed by atoms with Gasteiger partial charge in [-0.05, 0) is 6.54 Å². The highest BCUT2D eigenvalue weighted by molar-refractivity contribution is 9.10. The molecule has 0 saturated carbocycles. The highest BCUT2D eigenvalue weighted by Gasteiger charge is 2.22. The lowest BCUT2D eigenvalue weighted by atomic mass is 10.3. The number of ether oxygens (including phenoxy) is 1. The number of carbonyl (C=O) groups excluding carboxylic acids is 1. The number of carbonyl (C=O) groups is 1. The van der Waals surface area contributed by atoms with Crippen molar-refractivity contribution in [2.45, 2.75) is 11.8 Å². The van der Waals surface area contributed by atoms with Crippen molar-refractivity contribution in [2.24, 2.45) is 0 Å². The SMILES string of the molecule is CCN1CCN(CC(Br)C(=O)OC)CC1. The molecule has 0 amide bonds. The van der Waals surface area contributed by atoms with Gasteiger partial charge >= 0.3 is 5.97 Å². The molecule has 0 bridgehead atoms. The standard InChI is InChI=1S/C10H19BrN2O2/c1-3-12-4-6-13(7-5-12)8-9(11)10(14)15-2/h9H,3-8H2,1-2H3. The molecule has 88 valence electrons. The molecular formula is C10H19BrN2O2. The van der Waals surface area contributed by atoms with Crippen LogP contribution in [0.1, 0.15) is 6.92 Å². The van der Waals surface area contributed by atoms with E-state index in [1.807, 2.05) is 0 Å². The van der Waals surface area contributed by atoms with Gasteiger partial charge in [-0.15, -0.1) is 0 Å². The zero-order valence-corrected chi connectivity index (χ0v) is 11.0. The third-order valence-corrected chi connectivity index (χ3v) is 3.45. The maximum atomic E-state index is 11.2. The van der Waals surface area contributed by atoms with Crippen LogP contribution in [0.4, 0.5) is 0 Å². The van der Waals surface area contributed by atoms with E-state index >= 15 is 0 Å². The van der Waals surface area contributed by atoms with Gasteiger partial charge in [0.25, 0.3) is 0 Å². The summed E-state index contributed by atoms with van der Waals surface area (Å²) in [5.74, 6) is -0.187. The van der Waals surface area contributed by atoms with Crippen LogP contribution in [0, 0.1) is 0 Å². The first-order valence-electron chi connectivity index (χ1n) is 5.34. The van der Waals surface area contributed by atoms with Gasteiger partial charge in [0.05, 0.1) is 7.11 Å². The first-order valence-corrected chi connectivity index (χ1v) is 6.25. The van der Waals surface area contributed by atoms with Crippen LogP contribution in [0.5, 0.6) is 0 Å². The smallest absolute Gasteiger partial charge is 0.320 e. The van der Waals surface area contributed by atoms with E-state index in [-0.39, 0.29) is 10.8 Å². The van der Waals surface area contributed by atoms with Gasteiger partial charge in [-0.3, -0.25) is 9.69 Å². The molecule has 0 aromatic carbocycles. The Hall–Kier alpha value is -0.130. The van der Waals surface area contributed by atoms with Crippen molar-refractivity contribution >= 4 is 21.9 Å². The molecule has 0 aromatic rings. The first kappa shape index (κ1) is 12.9. The summed E-state index contributed by atoms with van der Waals surface area (Å²) >= 11 is 3.34. The van der Waals surface area contributed by atoms with E-state index in [4.69, 9.17) is 0 Å². The lowest BCUT2D eigenvalue weighted by Crippen LogP contribution is -2.48. The Morgan fingerprint density at radius 2 is 1.87 bits per heavy atom. The minimum absolute atomic E-state index is 0.187. The minimum atomic E-state index is -0.198. The predicted molar refractivity (Wildman–Crippen MR) is 63.3 cm³/mol. The molecule has 1 rings (SSSR count). The number of hydrogen-bond donors (Lipinski definition) is 0. The second-order valence-corrected chi connectivity index (χ2v) is 4.83. The molecule has 15 heavy (non-hydrogen) atoms. The average molecular weight is 279 g/mol. The van der Waals surface area contributed by atoms with E-state index in [2.05, 4.69) is 37.4 Å². The summed E-state index contributed by atoms with van der Waals surface area (Å²) in [4.78, 5) is 15.7. The number of likely N-dealkylation sites (N-methyl/N-ethyl adjacent to an activating group) is 1. The maximum absolute atomic E-state index is 11.2. The number of halogens is 1. The largest absolute Gasteiger partial charge is 0.468 e. The summed E-state index contributed by atoms with van der Waals surface area (Å²) in [5.41, 5.74) is 0. The zero-order valence-electron chi connectivity index (χ0n) is 9.41. The van der Waals surface area contributed by atoms with Crippen LogP contribution in [-0.4, -0.2) is 67.0 Å². The van der Waals surface area contributed by atoms with Gasteiger partial charge < -0.3 is 9.64 Å². The molecule has 0 spiro atoms. The number of methoxy groups -OCH3 is 1. The van der Waals surface area contributed by atoms with Crippen LogP contribution in [0.2, 0.25) is 0 Å². The Bertz CT molecular complexity index is 206. The van der Waals surface area contributed by atoms with Crippen molar-refractivity contribution in [1.29, 1.82) is 0 Å². The normalized spacial score (nSPS) is 21.3. The van der Waals surface area contributed by atoms with Gasteiger partial charge in [0.1, 0.15) is 4.83 Å². The van der Waals surface area contributed by atoms with E-state index < -0.39 is 0 Å².